The van der Waals surface area contributed by atoms with E-state index < -0.39 is 0 Å². The maximum Gasteiger partial charge on any atom is 0.132 e. The molecule has 0 radical (unpaired) electrons. The number of hydrogen-bond donors (Lipinski definition) is 1. The Kier molecular flexibility index (Phi) is 3.80. The zero-order valence-electron chi connectivity index (χ0n) is 12.2. The fraction of sp³-hybridized carbons (Fsp3) is 0.294. The minimum absolute atomic E-state index is 0.158. The molecule has 4 heteroatoms. The topological polar surface area (TPSA) is 30.5 Å². The first-order chi connectivity index (χ1) is 10.2. The molecule has 0 saturated heterocycles. The SMILES string of the molecule is COc1ccc(C2NCCc3ccc(OC)cc32)c(F)c1. The van der Waals surface area contributed by atoms with Gasteiger partial charge in [-0.1, -0.05) is 12.1 Å². The molecule has 3 nitrogen and oxygen atoms in total. The predicted molar refractivity (Wildman–Crippen MR) is 79.5 cm³/mol. The van der Waals surface area contributed by atoms with Crippen LogP contribution in [0.3, 0.4) is 0 Å². The van der Waals surface area contributed by atoms with Gasteiger partial charge in [-0.15, -0.1) is 0 Å². The molecule has 0 aliphatic carbocycles. The summed E-state index contributed by atoms with van der Waals surface area (Å²) >= 11 is 0. The third kappa shape index (κ3) is 2.59. The number of hydrogen-bond acceptors (Lipinski definition) is 3. The molecule has 0 fully saturated rings. The quantitative estimate of drug-likeness (QED) is 0.941. The van der Waals surface area contributed by atoms with E-state index in [-0.39, 0.29) is 11.9 Å². The highest BCUT2D eigenvalue weighted by Crippen LogP contribution is 2.33. The van der Waals surface area contributed by atoms with Gasteiger partial charge in [0.1, 0.15) is 17.3 Å². The number of fused-ring (bicyclic) bond motifs is 1. The van der Waals surface area contributed by atoms with E-state index in [0.29, 0.717) is 11.3 Å². The fourth-order valence-corrected chi connectivity index (χ4v) is 2.80. The Hall–Kier alpha value is -2.07. The van der Waals surface area contributed by atoms with Crippen molar-refractivity contribution in [3.8, 4) is 11.5 Å². The van der Waals surface area contributed by atoms with Crippen LogP contribution in [0.2, 0.25) is 0 Å². The summed E-state index contributed by atoms with van der Waals surface area (Å²) in [5, 5.41) is 3.38. The molecule has 1 atom stereocenters. The van der Waals surface area contributed by atoms with Crippen LogP contribution in [0.1, 0.15) is 22.7 Å². The monoisotopic (exact) mass is 287 g/mol. The van der Waals surface area contributed by atoms with E-state index in [2.05, 4.69) is 11.4 Å². The lowest BCUT2D eigenvalue weighted by atomic mass is 9.89. The molecule has 1 N–H and O–H groups in total. The van der Waals surface area contributed by atoms with Crippen molar-refractivity contribution < 1.29 is 13.9 Å². The second kappa shape index (κ2) is 5.74. The van der Waals surface area contributed by atoms with E-state index in [0.717, 1.165) is 24.3 Å². The number of rotatable bonds is 3. The van der Waals surface area contributed by atoms with Gasteiger partial charge in [0.15, 0.2) is 0 Å². The molecule has 0 amide bonds. The van der Waals surface area contributed by atoms with Crippen LogP contribution in [0.15, 0.2) is 36.4 Å². The van der Waals surface area contributed by atoms with Gasteiger partial charge in [0.05, 0.1) is 20.3 Å². The molecule has 0 saturated carbocycles. The molecule has 1 aliphatic heterocycles. The number of ether oxygens (including phenoxy) is 2. The molecule has 2 aromatic carbocycles. The van der Waals surface area contributed by atoms with Crippen LogP contribution in [0.25, 0.3) is 0 Å². The van der Waals surface area contributed by atoms with Gasteiger partial charge in [-0.25, -0.2) is 4.39 Å². The van der Waals surface area contributed by atoms with Crippen LogP contribution in [0.5, 0.6) is 11.5 Å². The number of methoxy groups -OCH3 is 2. The van der Waals surface area contributed by atoms with Crippen LogP contribution in [0, 0.1) is 5.82 Å². The minimum Gasteiger partial charge on any atom is -0.497 e. The Balaban J connectivity index is 2.05. The van der Waals surface area contributed by atoms with Crippen LogP contribution in [0.4, 0.5) is 4.39 Å². The molecule has 1 unspecified atom stereocenters. The second-order valence-electron chi connectivity index (χ2n) is 5.09. The first kappa shape index (κ1) is 13.9. The Morgan fingerprint density at radius 2 is 1.71 bits per heavy atom. The van der Waals surface area contributed by atoms with E-state index >= 15 is 0 Å². The summed E-state index contributed by atoms with van der Waals surface area (Å²) in [6.07, 6.45) is 0.938. The van der Waals surface area contributed by atoms with Crippen molar-refractivity contribution in [2.45, 2.75) is 12.5 Å². The van der Waals surface area contributed by atoms with Gasteiger partial charge in [-0.3, -0.25) is 0 Å². The van der Waals surface area contributed by atoms with Crippen molar-refractivity contribution in [2.75, 3.05) is 20.8 Å². The molecular weight excluding hydrogens is 269 g/mol. The van der Waals surface area contributed by atoms with Gasteiger partial charge < -0.3 is 14.8 Å². The first-order valence-electron chi connectivity index (χ1n) is 6.96. The van der Waals surface area contributed by atoms with E-state index in [1.54, 1.807) is 19.2 Å². The fourth-order valence-electron chi connectivity index (χ4n) is 2.80. The number of nitrogens with one attached hydrogen (secondary N) is 1. The summed E-state index contributed by atoms with van der Waals surface area (Å²) in [4.78, 5) is 0. The lowest BCUT2D eigenvalue weighted by molar-refractivity contribution is 0.408. The van der Waals surface area contributed by atoms with Crippen LogP contribution in [-0.2, 0) is 6.42 Å². The van der Waals surface area contributed by atoms with Crippen molar-refractivity contribution in [3.63, 3.8) is 0 Å². The first-order valence-corrected chi connectivity index (χ1v) is 6.96. The second-order valence-corrected chi connectivity index (χ2v) is 5.09. The Bertz CT molecular complexity index is 657. The van der Waals surface area contributed by atoms with E-state index in [1.807, 2.05) is 12.1 Å². The average Bonchev–Trinajstić information content (AvgIpc) is 2.53. The maximum atomic E-state index is 14.3. The van der Waals surface area contributed by atoms with Gasteiger partial charge in [-0.2, -0.15) is 0 Å². The van der Waals surface area contributed by atoms with Crippen LogP contribution in [-0.4, -0.2) is 20.8 Å². The zero-order valence-corrected chi connectivity index (χ0v) is 12.2. The maximum absolute atomic E-state index is 14.3. The molecule has 21 heavy (non-hydrogen) atoms. The Labute approximate surface area is 123 Å². The Morgan fingerprint density at radius 3 is 2.43 bits per heavy atom. The van der Waals surface area contributed by atoms with Gasteiger partial charge in [-0.05, 0) is 35.7 Å². The van der Waals surface area contributed by atoms with Crippen molar-refractivity contribution in [2.24, 2.45) is 0 Å². The van der Waals surface area contributed by atoms with Gasteiger partial charge in [0.2, 0.25) is 0 Å². The van der Waals surface area contributed by atoms with Crippen molar-refractivity contribution in [3.05, 3.63) is 58.9 Å². The highest BCUT2D eigenvalue weighted by molar-refractivity contribution is 5.45. The predicted octanol–water partition coefficient (Wildman–Crippen LogP) is 3.08. The summed E-state index contributed by atoms with van der Waals surface area (Å²) in [5.74, 6) is 1.05. The lowest BCUT2D eigenvalue weighted by Crippen LogP contribution is -2.31. The van der Waals surface area contributed by atoms with E-state index in [4.69, 9.17) is 9.47 Å². The number of halogens is 1. The summed E-state index contributed by atoms with van der Waals surface area (Å²) in [6, 6.07) is 10.8. The molecule has 0 aromatic heterocycles. The molecule has 2 aromatic rings. The molecule has 0 spiro atoms. The highest BCUT2D eigenvalue weighted by atomic mass is 19.1. The summed E-state index contributed by atoms with van der Waals surface area (Å²) < 4.78 is 24.7. The highest BCUT2D eigenvalue weighted by Gasteiger charge is 2.24. The summed E-state index contributed by atoms with van der Waals surface area (Å²) in [5.41, 5.74) is 2.93. The largest absolute Gasteiger partial charge is 0.497 e. The van der Waals surface area contributed by atoms with E-state index in [9.17, 15) is 4.39 Å². The van der Waals surface area contributed by atoms with Crippen molar-refractivity contribution in [1.82, 2.24) is 5.32 Å². The molecule has 3 rings (SSSR count). The lowest BCUT2D eigenvalue weighted by Gasteiger charge is -2.28. The third-order valence-electron chi connectivity index (χ3n) is 3.93. The van der Waals surface area contributed by atoms with Gasteiger partial charge in [0.25, 0.3) is 0 Å². The normalized spacial score (nSPS) is 17.2. The smallest absolute Gasteiger partial charge is 0.132 e. The molecule has 110 valence electrons. The van der Waals surface area contributed by atoms with Gasteiger partial charge in [0, 0.05) is 18.2 Å². The number of benzene rings is 2. The van der Waals surface area contributed by atoms with Gasteiger partial charge >= 0.3 is 0 Å². The molecule has 1 heterocycles. The Morgan fingerprint density at radius 1 is 1.00 bits per heavy atom. The third-order valence-corrected chi connectivity index (χ3v) is 3.93. The average molecular weight is 287 g/mol. The van der Waals surface area contributed by atoms with Crippen LogP contribution < -0.4 is 14.8 Å². The molecular formula is C17H18FNO2. The standard InChI is InChI=1S/C17H18FNO2/c1-20-12-4-3-11-7-8-19-17(15(11)9-12)14-6-5-13(21-2)10-16(14)18/h3-6,9-10,17,19H,7-8H2,1-2H3. The molecule has 1 aliphatic rings. The van der Waals surface area contributed by atoms with Crippen LogP contribution >= 0.6 is 0 Å². The van der Waals surface area contributed by atoms with Crippen molar-refractivity contribution in [1.29, 1.82) is 0 Å². The zero-order chi connectivity index (χ0) is 14.8. The minimum atomic E-state index is -0.262. The van der Waals surface area contributed by atoms with Crippen molar-refractivity contribution >= 4 is 0 Å². The molecule has 0 bridgehead atoms. The summed E-state index contributed by atoms with van der Waals surface area (Å²) in [6.45, 7) is 0.829. The van der Waals surface area contributed by atoms with E-state index in [1.165, 1.54) is 18.7 Å². The summed E-state index contributed by atoms with van der Waals surface area (Å²) in [7, 11) is 3.18.